The summed E-state index contributed by atoms with van der Waals surface area (Å²) >= 11 is 1.73. The lowest BCUT2D eigenvalue weighted by atomic mass is 10.1. The van der Waals surface area contributed by atoms with E-state index in [1.54, 1.807) is 23.5 Å². The maximum absolute atomic E-state index is 13.1. The minimum atomic E-state index is -0.328. The zero-order chi connectivity index (χ0) is 18.6. The van der Waals surface area contributed by atoms with Crippen LogP contribution in [0.15, 0.2) is 46.8 Å². The highest BCUT2D eigenvalue weighted by Crippen LogP contribution is 2.08. The summed E-state index contributed by atoms with van der Waals surface area (Å²) in [6.07, 6.45) is 1.09. The summed E-state index contributed by atoms with van der Waals surface area (Å²) in [5.41, 5.74) is 0.666. The lowest BCUT2D eigenvalue weighted by molar-refractivity contribution is -0.120. The molecule has 0 aliphatic rings. The second-order valence-electron chi connectivity index (χ2n) is 5.67. The number of guanidine groups is 1. The average Bonchev–Trinajstić information content (AvgIpc) is 3.12. The molecule has 2 rings (SSSR count). The maximum Gasteiger partial charge on any atom is 0.224 e. The molecule has 1 aromatic carbocycles. The molecule has 1 heterocycles. The van der Waals surface area contributed by atoms with Gasteiger partial charge in [-0.25, -0.2) is 4.39 Å². The van der Waals surface area contributed by atoms with Gasteiger partial charge in [-0.15, -0.1) is 11.3 Å². The van der Waals surface area contributed by atoms with E-state index in [0.29, 0.717) is 25.2 Å². The summed E-state index contributed by atoms with van der Waals surface area (Å²) in [7, 11) is 0. The highest BCUT2D eigenvalue weighted by atomic mass is 32.1. The second kappa shape index (κ2) is 11.3. The van der Waals surface area contributed by atoms with Gasteiger partial charge in [0.1, 0.15) is 5.82 Å². The van der Waals surface area contributed by atoms with Crippen molar-refractivity contribution in [1.29, 1.82) is 0 Å². The Kier molecular flexibility index (Phi) is 8.62. The van der Waals surface area contributed by atoms with E-state index in [-0.39, 0.29) is 18.1 Å². The van der Waals surface area contributed by atoms with Crippen molar-refractivity contribution >= 4 is 23.2 Å². The molecule has 0 saturated heterocycles. The van der Waals surface area contributed by atoms with Gasteiger partial charge in [0.25, 0.3) is 0 Å². The van der Waals surface area contributed by atoms with Crippen LogP contribution in [-0.4, -0.2) is 38.0 Å². The molecule has 5 nitrogen and oxygen atoms in total. The van der Waals surface area contributed by atoms with E-state index < -0.39 is 0 Å². The molecule has 0 spiro atoms. The number of aliphatic imine (C=N–C) groups is 1. The molecule has 0 unspecified atom stereocenters. The Labute approximate surface area is 157 Å². The van der Waals surface area contributed by atoms with Crippen LogP contribution in [0.25, 0.3) is 0 Å². The van der Waals surface area contributed by atoms with Crippen LogP contribution in [0.3, 0.4) is 0 Å². The fourth-order valence-electron chi connectivity index (χ4n) is 2.35. The number of amides is 1. The third kappa shape index (κ3) is 7.65. The monoisotopic (exact) mass is 376 g/mol. The zero-order valence-electron chi connectivity index (χ0n) is 14.9. The molecule has 7 heteroatoms. The number of hydrogen-bond acceptors (Lipinski definition) is 3. The number of thiophene rings is 1. The molecule has 3 N–H and O–H groups in total. The van der Waals surface area contributed by atoms with Crippen LogP contribution in [0.4, 0.5) is 4.39 Å². The number of rotatable bonds is 9. The third-order valence-corrected chi connectivity index (χ3v) is 4.48. The van der Waals surface area contributed by atoms with Crippen molar-refractivity contribution in [2.45, 2.75) is 19.8 Å². The summed E-state index contributed by atoms with van der Waals surface area (Å²) in [5.74, 6) is 0.284. The Bertz CT molecular complexity index is 703. The van der Waals surface area contributed by atoms with Crippen LogP contribution in [0.2, 0.25) is 0 Å². The molecule has 0 atom stereocenters. The molecule has 1 aromatic heterocycles. The Morgan fingerprint density at radius 2 is 2.00 bits per heavy atom. The highest BCUT2D eigenvalue weighted by molar-refractivity contribution is 7.09. The van der Waals surface area contributed by atoms with E-state index >= 15 is 0 Å². The smallest absolute Gasteiger partial charge is 0.224 e. The summed E-state index contributed by atoms with van der Waals surface area (Å²) in [5, 5.41) is 11.3. The zero-order valence-corrected chi connectivity index (χ0v) is 15.7. The molecular formula is C19H25FN4OS. The van der Waals surface area contributed by atoms with Crippen LogP contribution in [0.5, 0.6) is 0 Å². The number of halogens is 1. The van der Waals surface area contributed by atoms with E-state index in [1.165, 1.54) is 17.0 Å². The molecule has 2 aromatic rings. The summed E-state index contributed by atoms with van der Waals surface area (Å²) in [6.45, 7) is 4.54. The topological polar surface area (TPSA) is 65.5 Å². The van der Waals surface area contributed by atoms with E-state index in [9.17, 15) is 9.18 Å². The van der Waals surface area contributed by atoms with Gasteiger partial charge in [-0.05, 0) is 36.1 Å². The first-order chi connectivity index (χ1) is 12.7. The Morgan fingerprint density at radius 1 is 1.15 bits per heavy atom. The van der Waals surface area contributed by atoms with Gasteiger partial charge in [-0.1, -0.05) is 18.2 Å². The van der Waals surface area contributed by atoms with Gasteiger partial charge in [0.2, 0.25) is 5.91 Å². The molecule has 140 valence electrons. The predicted octanol–water partition coefficient (Wildman–Crippen LogP) is 2.34. The Morgan fingerprint density at radius 3 is 2.73 bits per heavy atom. The molecule has 0 saturated carbocycles. The number of hydrogen-bond donors (Lipinski definition) is 3. The van der Waals surface area contributed by atoms with Crippen molar-refractivity contribution in [1.82, 2.24) is 16.0 Å². The van der Waals surface area contributed by atoms with Crippen LogP contribution in [0.1, 0.15) is 17.4 Å². The Hall–Kier alpha value is -2.41. The molecule has 1 amide bonds. The number of nitrogens with one attached hydrogen (secondary N) is 3. The first kappa shape index (κ1) is 19.9. The Balaban J connectivity index is 1.67. The fraction of sp³-hybridized carbons (Fsp3) is 0.368. The van der Waals surface area contributed by atoms with Gasteiger partial charge >= 0.3 is 0 Å². The quantitative estimate of drug-likeness (QED) is 0.358. The maximum atomic E-state index is 13.1. The molecule has 0 bridgehead atoms. The minimum absolute atomic E-state index is 0.128. The average molecular weight is 377 g/mol. The highest BCUT2D eigenvalue weighted by Gasteiger charge is 2.04. The molecule has 0 fully saturated rings. The molecule has 0 aliphatic carbocycles. The van der Waals surface area contributed by atoms with E-state index in [1.807, 2.05) is 13.0 Å². The SMILES string of the molecule is CCNC(=NCCc1cccs1)NCCNC(=O)Cc1cccc(F)c1. The van der Waals surface area contributed by atoms with Crippen LogP contribution in [0, 0.1) is 5.82 Å². The largest absolute Gasteiger partial charge is 0.357 e. The van der Waals surface area contributed by atoms with Gasteiger partial charge in [0, 0.05) is 37.5 Å². The predicted molar refractivity (Wildman–Crippen MR) is 105 cm³/mol. The number of nitrogens with zero attached hydrogens (tertiary/aromatic N) is 1. The van der Waals surface area contributed by atoms with Crippen LogP contribution in [-0.2, 0) is 17.6 Å². The molecule has 26 heavy (non-hydrogen) atoms. The third-order valence-electron chi connectivity index (χ3n) is 3.55. The van der Waals surface area contributed by atoms with Gasteiger partial charge < -0.3 is 16.0 Å². The summed E-state index contributed by atoms with van der Waals surface area (Å²) in [4.78, 5) is 17.7. The number of benzene rings is 1. The fourth-order valence-corrected chi connectivity index (χ4v) is 3.05. The first-order valence-electron chi connectivity index (χ1n) is 8.73. The lowest BCUT2D eigenvalue weighted by Gasteiger charge is -2.12. The standard InChI is InChI=1S/C19H25FN4OS/c1-2-21-19(23-9-8-17-7-4-12-26-17)24-11-10-22-18(25)14-15-5-3-6-16(20)13-15/h3-7,12-13H,2,8-11,14H2,1H3,(H,22,25)(H2,21,23,24). The normalized spacial score (nSPS) is 11.2. The van der Waals surface area contributed by atoms with Crippen LogP contribution >= 0.6 is 11.3 Å². The van der Waals surface area contributed by atoms with Gasteiger partial charge in [-0.2, -0.15) is 0 Å². The van der Waals surface area contributed by atoms with E-state index in [2.05, 4.69) is 32.4 Å². The van der Waals surface area contributed by atoms with Crippen molar-refractivity contribution in [3.8, 4) is 0 Å². The first-order valence-corrected chi connectivity index (χ1v) is 9.61. The van der Waals surface area contributed by atoms with Crippen molar-refractivity contribution in [3.63, 3.8) is 0 Å². The molecule has 0 radical (unpaired) electrons. The van der Waals surface area contributed by atoms with Crippen molar-refractivity contribution in [2.24, 2.45) is 4.99 Å². The van der Waals surface area contributed by atoms with E-state index in [4.69, 9.17) is 0 Å². The number of carbonyl (C=O) groups is 1. The van der Waals surface area contributed by atoms with Gasteiger partial charge in [0.05, 0.1) is 6.42 Å². The summed E-state index contributed by atoms with van der Waals surface area (Å²) < 4.78 is 13.1. The second-order valence-corrected chi connectivity index (χ2v) is 6.71. The van der Waals surface area contributed by atoms with Gasteiger partial charge in [0.15, 0.2) is 5.96 Å². The minimum Gasteiger partial charge on any atom is -0.357 e. The van der Waals surface area contributed by atoms with Crippen molar-refractivity contribution < 1.29 is 9.18 Å². The molecule has 0 aliphatic heterocycles. The van der Waals surface area contributed by atoms with Crippen molar-refractivity contribution in [2.75, 3.05) is 26.2 Å². The summed E-state index contributed by atoms with van der Waals surface area (Å²) in [6, 6.07) is 10.2. The van der Waals surface area contributed by atoms with Crippen molar-refractivity contribution in [3.05, 3.63) is 58.0 Å². The number of carbonyl (C=O) groups excluding carboxylic acids is 1. The van der Waals surface area contributed by atoms with E-state index in [0.717, 1.165) is 18.9 Å². The van der Waals surface area contributed by atoms with Crippen LogP contribution < -0.4 is 16.0 Å². The lowest BCUT2D eigenvalue weighted by Crippen LogP contribution is -2.41. The van der Waals surface area contributed by atoms with Gasteiger partial charge in [-0.3, -0.25) is 9.79 Å². The molecular weight excluding hydrogens is 351 g/mol.